The van der Waals surface area contributed by atoms with Crippen LogP contribution in [0.2, 0.25) is 0 Å². The van der Waals surface area contributed by atoms with Crippen LogP contribution in [0.25, 0.3) is 0 Å². The highest BCUT2D eigenvalue weighted by Gasteiger charge is 2.14. The summed E-state index contributed by atoms with van der Waals surface area (Å²) in [4.78, 5) is 0. The van der Waals surface area contributed by atoms with Gasteiger partial charge in [-0.15, -0.1) is 0 Å². The molecule has 0 aliphatic carbocycles. The van der Waals surface area contributed by atoms with E-state index in [0.717, 1.165) is 5.69 Å². The summed E-state index contributed by atoms with van der Waals surface area (Å²) in [6, 6.07) is 6.18. The summed E-state index contributed by atoms with van der Waals surface area (Å²) < 4.78 is 1.72. The van der Waals surface area contributed by atoms with Gasteiger partial charge in [-0.05, 0) is 43.5 Å². The van der Waals surface area contributed by atoms with Crippen LogP contribution in [0.3, 0.4) is 0 Å². The number of aliphatic hydroxyl groups is 1. The number of hydrogen-bond acceptors (Lipinski definition) is 2. The van der Waals surface area contributed by atoms with E-state index in [2.05, 4.69) is 38.0 Å². The van der Waals surface area contributed by atoms with Crippen LogP contribution in [0.15, 0.2) is 24.4 Å². The largest absolute Gasteiger partial charge is 0.386 e. The fraction of sp³-hybridized carbons (Fsp3) is 0.400. The van der Waals surface area contributed by atoms with Crippen LogP contribution in [0, 0.1) is 20.8 Å². The van der Waals surface area contributed by atoms with E-state index >= 15 is 0 Å². The lowest BCUT2D eigenvalue weighted by Gasteiger charge is -2.14. The van der Waals surface area contributed by atoms with Crippen LogP contribution in [0.1, 0.15) is 34.1 Å². The first-order valence-corrected chi connectivity index (χ1v) is 6.21. The molecule has 0 saturated heterocycles. The normalized spacial score (nSPS) is 12.7. The van der Waals surface area contributed by atoms with Crippen molar-refractivity contribution in [3.05, 3.63) is 52.3 Å². The van der Waals surface area contributed by atoms with Gasteiger partial charge in [-0.25, -0.2) is 0 Å². The number of aryl methyl sites for hydroxylation is 4. The van der Waals surface area contributed by atoms with Crippen molar-refractivity contribution in [1.29, 1.82) is 0 Å². The second-order valence-corrected chi connectivity index (χ2v) is 5.01. The number of rotatable bonds is 3. The van der Waals surface area contributed by atoms with Crippen molar-refractivity contribution in [2.45, 2.75) is 33.3 Å². The molecule has 96 valence electrons. The fourth-order valence-electron chi connectivity index (χ4n) is 2.44. The maximum Gasteiger partial charge on any atom is 0.102 e. The van der Waals surface area contributed by atoms with Crippen molar-refractivity contribution < 1.29 is 5.11 Å². The van der Waals surface area contributed by atoms with Crippen LogP contribution in [0.4, 0.5) is 0 Å². The Kier molecular flexibility index (Phi) is 3.53. The van der Waals surface area contributed by atoms with Crippen LogP contribution in [-0.2, 0) is 13.5 Å². The van der Waals surface area contributed by atoms with E-state index in [1.54, 1.807) is 4.68 Å². The number of aliphatic hydroxyl groups excluding tert-OH is 1. The molecule has 1 aromatic heterocycles. The van der Waals surface area contributed by atoms with Crippen LogP contribution in [-0.4, -0.2) is 14.9 Å². The maximum atomic E-state index is 10.2. The summed E-state index contributed by atoms with van der Waals surface area (Å²) in [6.07, 6.45) is 1.94. The molecular formula is C15H20N2O. The lowest BCUT2D eigenvalue weighted by Crippen LogP contribution is -2.06. The summed E-state index contributed by atoms with van der Waals surface area (Å²) in [6.45, 7) is 6.29. The molecule has 0 spiro atoms. The molecular weight excluding hydrogens is 224 g/mol. The predicted octanol–water partition coefficient (Wildman–Crippen LogP) is 2.62. The van der Waals surface area contributed by atoms with Gasteiger partial charge in [-0.1, -0.05) is 17.7 Å². The van der Waals surface area contributed by atoms with E-state index in [1.165, 1.54) is 22.3 Å². The van der Waals surface area contributed by atoms with E-state index in [0.29, 0.717) is 6.42 Å². The lowest BCUT2D eigenvalue weighted by atomic mass is 9.94. The second-order valence-electron chi connectivity index (χ2n) is 5.01. The van der Waals surface area contributed by atoms with Crippen molar-refractivity contribution in [3.63, 3.8) is 0 Å². The van der Waals surface area contributed by atoms with Crippen LogP contribution < -0.4 is 0 Å². The molecule has 1 heterocycles. The SMILES string of the molecule is Cc1cc(C)c(CC(O)c2ccn(C)n2)c(C)c1. The minimum atomic E-state index is -0.536. The summed E-state index contributed by atoms with van der Waals surface area (Å²) in [5.74, 6) is 0. The highest BCUT2D eigenvalue weighted by Crippen LogP contribution is 2.23. The number of aromatic nitrogens is 2. The minimum Gasteiger partial charge on any atom is -0.386 e. The zero-order valence-electron chi connectivity index (χ0n) is 11.4. The third-order valence-electron chi connectivity index (χ3n) is 3.31. The van der Waals surface area contributed by atoms with Gasteiger partial charge in [0.15, 0.2) is 0 Å². The monoisotopic (exact) mass is 244 g/mol. The first kappa shape index (κ1) is 12.8. The molecule has 0 saturated carbocycles. The molecule has 1 aromatic carbocycles. The molecule has 0 fully saturated rings. The zero-order valence-corrected chi connectivity index (χ0v) is 11.4. The second kappa shape index (κ2) is 4.94. The van der Waals surface area contributed by atoms with Crippen molar-refractivity contribution in [2.24, 2.45) is 7.05 Å². The third-order valence-corrected chi connectivity index (χ3v) is 3.31. The zero-order chi connectivity index (χ0) is 13.3. The van der Waals surface area contributed by atoms with Crippen molar-refractivity contribution >= 4 is 0 Å². The molecule has 3 nitrogen and oxygen atoms in total. The Morgan fingerprint density at radius 3 is 2.33 bits per heavy atom. The van der Waals surface area contributed by atoms with Crippen molar-refractivity contribution in [1.82, 2.24) is 9.78 Å². The highest BCUT2D eigenvalue weighted by molar-refractivity contribution is 5.38. The van der Waals surface area contributed by atoms with E-state index in [1.807, 2.05) is 19.3 Å². The molecule has 2 aromatic rings. The van der Waals surface area contributed by atoms with Gasteiger partial charge in [-0.2, -0.15) is 5.10 Å². The summed E-state index contributed by atoms with van der Waals surface area (Å²) >= 11 is 0. The van der Waals surface area contributed by atoms with E-state index < -0.39 is 6.10 Å². The first-order chi connectivity index (χ1) is 8.47. The molecule has 0 amide bonds. The Hall–Kier alpha value is -1.61. The Labute approximate surface area is 108 Å². The van der Waals surface area contributed by atoms with Crippen molar-refractivity contribution in [3.8, 4) is 0 Å². The Bertz CT molecular complexity index is 534. The Morgan fingerprint density at radius 2 is 1.83 bits per heavy atom. The van der Waals surface area contributed by atoms with Gasteiger partial charge in [0, 0.05) is 19.7 Å². The van der Waals surface area contributed by atoms with E-state index in [9.17, 15) is 5.11 Å². The Balaban J connectivity index is 2.24. The first-order valence-electron chi connectivity index (χ1n) is 6.21. The van der Waals surface area contributed by atoms with Gasteiger partial charge in [0.25, 0.3) is 0 Å². The van der Waals surface area contributed by atoms with Gasteiger partial charge in [0.2, 0.25) is 0 Å². The maximum absolute atomic E-state index is 10.2. The molecule has 1 unspecified atom stereocenters. The number of hydrogen-bond donors (Lipinski definition) is 1. The van der Waals surface area contributed by atoms with Gasteiger partial charge in [0.1, 0.15) is 6.10 Å². The van der Waals surface area contributed by atoms with Gasteiger partial charge >= 0.3 is 0 Å². The standard InChI is InChI=1S/C15H20N2O/c1-10-7-11(2)13(12(3)8-10)9-15(18)14-5-6-17(4)16-14/h5-8,15,18H,9H2,1-4H3. The molecule has 1 N–H and O–H groups in total. The number of nitrogens with zero attached hydrogens (tertiary/aromatic N) is 2. The third kappa shape index (κ3) is 2.62. The summed E-state index contributed by atoms with van der Waals surface area (Å²) in [7, 11) is 1.86. The highest BCUT2D eigenvalue weighted by atomic mass is 16.3. The molecule has 1 atom stereocenters. The summed E-state index contributed by atoms with van der Waals surface area (Å²) in [5, 5.41) is 14.5. The lowest BCUT2D eigenvalue weighted by molar-refractivity contribution is 0.172. The van der Waals surface area contributed by atoms with Crippen LogP contribution >= 0.6 is 0 Å². The quantitative estimate of drug-likeness (QED) is 0.901. The number of benzene rings is 1. The molecule has 0 aliphatic heterocycles. The molecule has 0 radical (unpaired) electrons. The smallest absolute Gasteiger partial charge is 0.102 e. The van der Waals surface area contributed by atoms with Crippen molar-refractivity contribution in [2.75, 3.05) is 0 Å². The summed E-state index contributed by atoms with van der Waals surface area (Å²) in [5.41, 5.74) is 5.70. The topological polar surface area (TPSA) is 38.0 Å². The van der Waals surface area contributed by atoms with Crippen LogP contribution in [0.5, 0.6) is 0 Å². The average Bonchev–Trinajstić information content (AvgIpc) is 2.70. The average molecular weight is 244 g/mol. The molecule has 0 bridgehead atoms. The Morgan fingerprint density at radius 1 is 1.22 bits per heavy atom. The van der Waals surface area contributed by atoms with E-state index in [4.69, 9.17) is 0 Å². The fourth-order valence-corrected chi connectivity index (χ4v) is 2.44. The molecule has 0 aliphatic rings. The minimum absolute atomic E-state index is 0.536. The molecule has 18 heavy (non-hydrogen) atoms. The van der Waals surface area contributed by atoms with Gasteiger partial charge in [0.05, 0.1) is 5.69 Å². The molecule has 3 heteroatoms. The predicted molar refractivity (Wildman–Crippen MR) is 72.5 cm³/mol. The van der Waals surface area contributed by atoms with E-state index in [-0.39, 0.29) is 0 Å². The van der Waals surface area contributed by atoms with Gasteiger partial charge < -0.3 is 5.11 Å². The molecule has 2 rings (SSSR count). The van der Waals surface area contributed by atoms with Gasteiger partial charge in [-0.3, -0.25) is 4.68 Å².